The molecule has 1 aliphatic heterocycles. The molecule has 0 spiro atoms. The zero-order valence-electron chi connectivity index (χ0n) is 15.6. The number of hydrogen-bond acceptors (Lipinski definition) is 3. The van der Waals surface area contributed by atoms with Crippen molar-refractivity contribution in [3.8, 4) is 22.6 Å². The third-order valence-electron chi connectivity index (χ3n) is 4.73. The van der Waals surface area contributed by atoms with E-state index in [0.29, 0.717) is 30.4 Å². The van der Waals surface area contributed by atoms with Crippen molar-refractivity contribution in [1.82, 2.24) is 0 Å². The first kappa shape index (κ1) is 19.4. The second-order valence-electron chi connectivity index (χ2n) is 6.62. The number of hydrogen-bond donors (Lipinski definition) is 0. The van der Waals surface area contributed by atoms with Crippen LogP contribution in [0.15, 0.2) is 48.6 Å². The van der Waals surface area contributed by atoms with Crippen LogP contribution in [-0.4, -0.2) is 26.4 Å². The average molecular weight is 374 g/mol. The fraction of sp³-hybridized carbons (Fsp3) is 0.364. The van der Waals surface area contributed by atoms with E-state index in [0.717, 1.165) is 12.8 Å². The summed E-state index contributed by atoms with van der Waals surface area (Å²) >= 11 is 0. The Balaban J connectivity index is 1.59. The third-order valence-corrected chi connectivity index (χ3v) is 4.73. The fourth-order valence-corrected chi connectivity index (χ4v) is 3.18. The highest BCUT2D eigenvalue weighted by Gasteiger charge is 2.20. The lowest BCUT2D eigenvalue weighted by molar-refractivity contribution is -0.00304. The summed E-state index contributed by atoms with van der Waals surface area (Å²) in [7, 11) is 1.31. The maximum atomic E-state index is 14.2. The van der Waals surface area contributed by atoms with Crippen LogP contribution in [-0.2, 0) is 4.74 Å². The Morgan fingerprint density at radius 2 is 1.85 bits per heavy atom. The Morgan fingerprint density at radius 1 is 1.07 bits per heavy atom. The predicted molar refractivity (Wildman–Crippen MR) is 101 cm³/mol. The van der Waals surface area contributed by atoms with Gasteiger partial charge in [0.05, 0.1) is 26.4 Å². The van der Waals surface area contributed by atoms with Gasteiger partial charge in [0, 0.05) is 11.5 Å². The van der Waals surface area contributed by atoms with Gasteiger partial charge < -0.3 is 14.2 Å². The van der Waals surface area contributed by atoms with Crippen LogP contribution in [0.4, 0.5) is 8.78 Å². The van der Waals surface area contributed by atoms with Gasteiger partial charge in [0.2, 0.25) is 5.82 Å². The van der Waals surface area contributed by atoms with Gasteiger partial charge in [0.1, 0.15) is 5.75 Å². The first-order chi connectivity index (χ1) is 13.1. The lowest BCUT2D eigenvalue weighted by Crippen LogP contribution is -2.28. The summed E-state index contributed by atoms with van der Waals surface area (Å²) in [6, 6.07) is 9.90. The highest BCUT2D eigenvalue weighted by molar-refractivity contribution is 5.66. The van der Waals surface area contributed by atoms with Crippen LogP contribution in [0, 0.1) is 17.6 Å². The van der Waals surface area contributed by atoms with Gasteiger partial charge in [-0.2, -0.15) is 4.39 Å². The zero-order valence-corrected chi connectivity index (χ0v) is 15.6. The molecular weight excluding hydrogens is 350 g/mol. The highest BCUT2D eigenvalue weighted by Crippen LogP contribution is 2.31. The van der Waals surface area contributed by atoms with Gasteiger partial charge in [-0.15, -0.1) is 0 Å². The van der Waals surface area contributed by atoms with Gasteiger partial charge in [0.25, 0.3) is 0 Å². The summed E-state index contributed by atoms with van der Waals surface area (Å²) < 4.78 is 44.5. The monoisotopic (exact) mass is 374 g/mol. The molecule has 0 aliphatic carbocycles. The molecule has 0 saturated carbocycles. The molecule has 3 nitrogen and oxygen atoms in total. The van der Waals surface area contributed by atoms with E-state index in [2.05, 4.69) is 6.08 Å². The minimum atomic E-state index is -0.983. The molecule has 0 amide bonds. The van der Waals surface area contributed by atoms with Gasteiger partial charge in [-0.1, -0.05) is 24.3 Å². The SMILES string of the molecule is C/C=C/C1CCC(COc2ccc(-c3ccc(OC)c(F)c3F)cc2)CO1. The molecule has 0 N–H and O–H groups in total. The van der Waals surface area contributed by atoms with Gasteiger partial charge >= 0.3 is 0 Å². The maximum Gasteiger partial charge on any atom is 0.201 e. The molecule has 1 heterocycles. The number of allylic oxidation sites excluding steroid dienone is 1. The smallest absolute Gasteiger partial charge is 0.201 e. The first-order valence-electron chi connectivity index (χ1n) is 9.12. The number of rotatable bonds is 6. The van der Waals surface area contributed by atoms with Crippen LogP contribution in [0.2, 0.25) is 0 Å². The minimum absolute atomic E-state index is 0.109. The molecule has 2 atom stereocenters. The van der Waals surface area contributed by atoms with Crippen LogP contribution < -0.4 is 9.47 Å². The quantitative estimate of drug-likeness (QED) is 0.635. The van der Waals surface area contributed by atoms with Crippen molar-refractivity contribution in [2.75, 3.05) is 20.3 Å². The summed E-state index contributed by atoms with van der Waals surface area (Å²) in [5.41, 5.74) is 0.771. The van der Waals surface area contributed by atoms with Crippen molar-refractivity contribution in [3.05, 3.63) is 60.2 Å². The van der Waals surface area contributed by atoms with Gasteiger partial charge in [-0.05, 0) is 49.6 Å². The highest BCUT2D eigenvalue weighted by atomic mass is 19.2. The zero-order chi connectivity index (χ0) is 19.2. The van der Waals surface area contributed by atoms with Crippen molar-refractivity contribution in [2.24, 2.45) is 5.92 Å². The number of methoxy groups -OCH3 is 1. The van der Waals surface area contributed by atoms with Gasteiger partial charge in [-0.25, -0.2) is 4.39 Å². The molecule has 1 saturated heterocycles. The van der Waals surface area contributed by atoms with E-state index in [-0.39, 0.29) is 17.4 Å². The summed E-state index contributed by atoms with van der Waals surface area (Å²) in [4.78, 5) is 0. The Kier molecular flexibility index (Phi) is 6.45. The molecule has 144 valence electrons. The van der Waals surface area contributed by atoms with E-state index >= 15 is 0 Å². The Morgan fingerprint density at radius 3 is 2.48 bits per heavy atom. The molecule has 5 heteroatoms. The first-order valence-corrected chi connectivity index (χ1v) is 9.12. The molecule has 2 aromatic carbocycles. The molecule has 3 rings (SSSR count). The number of halogens is 2. The number of benzene rings is 2. The van der Waals surface area contributed by atoms with Crippen LogP contribution in [0.3, 0.4) is 0 Å². The molecule has 1 fully saturated rings. The van der Waals surface area contributed by atoms with E-state index in [1.807, 2.05) is 13.0 Å². The standard InChI is InChI=1S/C22H24F2O3/c1-3-4-17-8-5-15(13-26-17)14-27-18-9-6-16(7-10-18)19-11-12-20(25-2)22(24)21(19)23/h3-4,6-7,9-12,15,17H,5,8,13-14H2,1-2H3/b4-3+. The molecule has 1 aliphatic rings. The van der Waals surface area contributed by atoms with Crippen LogP contribution in [0.5, 0.6) is 11.5 Å². The van der Waals surface area contributed by atoms with E-state index < -0.39 is 11.6 Å². The van der Waals surface area contributed by atoms with Crippen molar-refractivity contribution in [1.29, 1.82) is 0 Å². The Bertz CT molecular complexity index is 779. The summed E-state index contributed by atoms with van der Waals surface area (Å²) in [5.74, 6) is -0.951. The summed E-state index contributed by atoms with van der Waals surface area (Å²) in [6.45, 7) is 3.26. The van der Waals surface area contributed by atoms with E-state index in [1.165, 1.54) is 19.2 Å². The molecule has 27 heavy (non-hydrogen) atoms. The average Bonchev–Trinajstić information content (AvgIpc) is 2.70. The van der Waals surface area contributed by atoms with Crippen LogP contribution in [0.25, 0.3) is 11.1 Å². The normalized spacial score (nSPS) is 20.0. The molecule has 2 unspecified atom stereocenters. The van der Waals surface area contributed by atoms with E-state index in [9.17, 15) is 8.78 Å². The van der Waals surface area contributed by atoms with Crippen molar-refractivity contribution in [3.63, 3.8) is 0 Å². The number of ether oxygens (including phenoxy) is 3. The fourth-order valence-electron chi connectivity index (χ4n) is 3.18. The largest absolute Gasteiger partial charge is 0.494 e. The van der Waals surface area contributed by atoms with Crippen molar-refractivity contribution >= 4 is 0 Å². The summed E-state index contributed by atoms with van der Waals surface area (Å²) in [5, 5.41) is 0. The molecule has 0 bridgehead atoms. The lowest BCUT2D eigenvalue weighted by atomic mass is 9.99. The van der Waals surface area contributed by atoms with Crippen LogP contribution >= 0.6 is 0 Å². The molecule has 0 radical (unpaired) electrons. The topological polar surface area (TPSA) is 27.7 Å². The molecular formula is C22H24F2O3. The Labute approximate surface area is 158 Å². The van der Waals surface area contributed by atoms with Gasteiger partial charge in [-0.3, -0.25) is 0 Å². The molecule has 0 aromatic heterocycles. The summed E-state index contributed by atoms with van der Waals surface area (Å²) in [6.07, 6.45) is 6.37. The third kappa shape index (κ3) is 4.66. The van der Waals surface area contributed by atoms with Crippen LogP contribution in [0.1, 0.15) is 19.8 Å². The predicted octanol–water partition coefficient (Wildman–Crippen LogP) is 5.39. The van der Waals surface area contributed by atoms with Crippen molar-refractivity contribution < 1.29 is 23.0 Å². The Hall–Kier alpha value is -2.40. The second kappa shape index (κ2) is 9.00. The van der Waals surface area contributed by atoms with E-state index in [1.54, 1.807) is 24.3 Å². The van der Waals surface area contributed by atoms with Gasteiger partial charge in [0.15, 0.2) is 11.6 Å². The minimum Gasteiger partial charge on any atom is -0.494 e. The second-order valence-corrected chi connectivity index (χ2v) is 6.62. The molecule has 2 aromatic rings. The lowest BCUT2D eigenvalue weighted by Gasteiger charge is -2.27. The van der Waals surface area contributed by atoms with E-state index in [4.69, 9.17) is 14.2 Å². The van der Waals surface area contributed by atoms with Crippen molar-refractivity contribution in [2.45, 2.75) is 25.9 Å². The maximum absolute atomic E-state index is 14.2.